The maximum absolute atomic E-state index is 14.9. The van der Waals surface area contributed by atoms with Crippen LogP contribution in [0.3, 0.4) is 0 Å². The molecule has 4 aromatic heterocycles. The van der Waals surface area contributed by atoms with Gasteiger partial charge in [-0.1, -0.05) is 40.3 Å². The van der Waals surface area contributed by atoms with Gasteiger partial charge in [-0.3, -0.25) is 0 Å². The number of fused-ring (bicyclic) bond motifs is 2. The number of rotatable bonds is 7. The van der Waals surface area contributed by atoms with Gasteiger partial charge in [-0.05, 0) is 31.2 Å². The van der Waals surface area contributed by atoms with Gasteiger partial charge in [0.15, 0.2) is 11.4 Å². The Balaban J connectivity index is 1.89. The molecule has 0 saturated heterocycles. The van der Waals surface area contributed by atoms with E-state index in [2.05, 4.69) is 32.6 Å². The van der Waals surface area contributed by atoms with Crippen molar-refractivity contribution in [3.05, 3.63) is 66.2 Å². The van der Waals surface area contributed by atoms with Crippen LogP contribution in [0.4, 0.5) is 4.39 Å². The molecule has 0 amide bonds. The molecule has 0 radical (unpaired) electrons. The van der Waals surface area contributed by atoms with Crippen LogP contribution < -0.4 is 9.47 Å². The van der Waals surface area contributed by atoms with Gasteiger partial charge >= 0.3 is 0 Å². The van der Waals surface area contributed by atoms with Crippen molar-refractivity contribution in [1.29, 1.82) is 0 Å². The first-order valence-electron chi connectivity index (χ1n) is 11.0. The summed E-state index contributed by atoms with van der Waals surface area (Å²) in [6, 6.07) is 11.0. The Morgan fingerprint density at radius 3 is 2.50 bits per heavy atom. The average Bonchev–Trinajstić information content (AvgIpc) is 3.43. The zero-order valence-corrected chi connectivity index (χ0v) is 22.7. The summed E-state index contributed by atoms with van der Waals surface area (Å²) in [6.07, 6.45) is 3.08. The lowest BCUT2D eigenvalue weighted by atomic mass is 10.2. The second kappa shape index (κ2) is 9.36. The van der Waals surface area contributed by atoms with E-state index in [-0.39, 0.29) is 27.5 Å². The van der Waals surface area contributed by atoms with E-state index in [0.29, 0.717) is 23.4 Å². The molecule has 0 aliphatic carbocycles. The minimum absolute atomic E-state index is 0.000781. The molecule has 5 aromatic rings. The van der Waals surface area contributed by atoms with Gasteiger partial charge in [0.25, 0.3) is 15.9 Å². The minimum atomic E-state index is -4.14. The van der Waals surface area contributed by atoms with Crippen LogP contribution in [0.1, 0.15) is 5.56 Å². The number of aromatic nitrogens is 4. The number of methoxy groups -OCH3 is 2. The number of alkyl halides is 1. The Bertz CT molecular complexity index is 1710. The van der Waals surface area contributed by atoms with Crippen LogP contribution in [0.5, 0.6) is 11.6 Å². The molecule has 0 saturated carbocycles. The molecule has 0 spiro atoms. The summed E-state index contributed by atoms with van der Waals surface area (Å²) in [4.78, 5) is 8.97. The third-order valence-electron chi connectivity index (χ3n) is 5.97. The number of pyridine rings is 2. The van der Waals surface area contributed by atoms with Gasteiger partial charge in [-0.15, -0.1) is 0 Å². The van der Waals surface area contributed by atoms with E-state index in [1.54, 1.807) is 18.2 Å². The summed E-state index contributed by atoms with van der Waals surface area (Å²) in [5.41, 5.74) is 2.91. The molecular weight excluding hydrogens is 598 g/mol. The third-order valence-corrected chi connectivity index (χ3v) is 8.17. The summed E-state index contributed by atoms with van der Waals surface area (Å²) in [5, 5.41) is 0.0958. The molecule has 8 nitrogen and oxygen atoms in total. The number of aryl methyl sites for hydroxylation is 2. The standard InChI is InChI=1S/C25H22FIN4O4S/c1-15-4-6-16(7-5-15)36(32,33)31-20(12-17-19(26)8-10-28-24(17)31)18-14-30(11-9-27)21-13-22(34-2)25(35-3)29-23(18)21/h4-8,10,12-14H,9,11H2,1-3H3. The van der Waals surface area contributed by atoms with Crippen LogP contribution in [0.15, 0.2) is 59.8 Å². The maximum Gasteiger partial charge on any atom is 0.269 e. The van der Waals surface area contributed by atoms with Crippen molar-refractivity contribution in [3.63, 3.8) is 0 Å². The molecule has 0 aliphatic heterocycles. The number of halogens is 2. The Kier molecular flexibility index (Phi) is 6.37. The van der Waals surface area contributed by atoms with E-state index in [0.717, 1.165) is 19.5 Å². The fourth-order valence-electron chi connectivity index (χ4n) is 4.22. The van der Waals surface area contributed by atoms with Gasteiger partial charge in [-0.2, -0.15) is 0 Å². The molecule has 0 fully saturated rings. The van der Waals surface area contributed by atoms with Crippen molar-refractivity contribution in [3.8, 4) is 22.9 Å². The van der Waals surface area contributed by atoms with Gasteiger partial charge < -0.3 is 14.0 Å². The van der Waals surface area contributed by atoms with E-state index >= 15 is 0 Å². The third kappa shape index (κ3) is 3.90. The molecule has 0 atom stereocenters. The number of ether oxygens (including phenoxy) is 2. The summed E-state index contributed by atoms with van der Waals surface area (Å²) in [7, 11) is -1.13. The zero-order chi connectivity index (χ0) is 25.6. The SMILES string of the molecule is COc1cc2c(nc1OC)c(-c1cc3c(F)ccnc3n1S(=O)(=O)c1ccc(C)cc1)cn2CCI. The van der Waals surface area contributed by atoms with Crippen molar-refractivity contribution in [2.24, 2.45) is 0 Å². The van der Waals surface area contributed by atoms with Crippen LogP contribution >= 0.6 is 22.6 Å². The molecule has 186 valence electrons. The quantitative estimate of drug-likeness (QED) is 0.184. The second-order valence-electron chi connectivity index (χ2n) is 8.13. The molecule has 36 heavy (non-hydrogen) atoms. The largest absolute Gasteiger partial charge is 0.491 e. The Morgan fingerprint density at radius 2 is 1.83 bits per heavy atom. The van der Waals surface area contributed by atoms with Crippen molar-refractivity contribution in [2.45, 2.75) is 18.4 Å². The van der Waals surface area contributed by atoms with Gasteiger partial charge in [0.05, 0.1) is 35.7 Å². The van der Waals surface area contributed by atoms with Crippen molar-refractivity contribution in [1.82, 2.24) is 18.5 Å². The first kappa shape index (κ1) is 24.5. The van der Waals surface area contributed by atoms with E-state index in [4.69, 9.17) is 9.47 Å². The van der Waals surface area contributed by atoms with Gasteiger partial charge in [-0.25, -0.2) is 26.7 Å². The lowest BCUT2D eigenvalue weighted by Crippen LogP contribution is -2.14. The second-order valence-corrected chi connectivity index (χ2v) is 11.0. The smallest absolute Gasteiger partial charge is 0.269 e. The summed E-state index contributed by atoms with van der Waals surface area (Å²) in [6.45, 7) is 2.52. The van der Waals surface area contributed by atoms with Crippen LogP contribution in [0.25, 0.3) is 33.3 Å². The molecule has 11 heteroatoms. The van der Waals surface area contributed by atoms with Gasteiger partial charge in [0.2, 0.25) is 0 Å². The predicted molar refractivity (Wildman–Crippen MR) is 144 cm³/mol. The van der Waals surface area contributed by atoms with E-state index in [1.165, 1.54) is 44.7 Å². The summed E-state index contributed by atoms with van der Waals surface area (Å²) < 4.78 is 57.5. The zero-order valence-electron chi connectivity index (χ0n) is 19.7. The predicted octanol–water partition coefficient (Wildman–Crippen LogP) is 5.19. The first-order valence-corrected chi connectivity index (χ1v) is 13.9. The highest BCUT2D eigenvalue weighted by atomic mass is 127. The first-order chi connectivity index (χ1) is 17.3. The average molecular weight is 620 g/mol. The monoisotopic (exact) mass is 620 g/mol. The van der Waals surface area contributed by atoms with E-state index in [9.17, 15) is 12.8 Å². The fraction of sp³-hybridized carbons (Fsp3) is 0.200. The molecule has 4 heterocycles. The normalized spacial score (nSPS) is 11.9. The number of nitrogens with zero attached hydrogens (tertiary/aromatic N) is 4. The molecule has 0 N–H and O–H groups in total. The maximum atomic E-state index is 14.9. The van der Waals surface area contributed by atoms with Crippen LogP contribution in [-0.2, 0) is 16.6 Å². The molecule has 5 rings (SSSR count). The molecule has 0 bridgehead atoms. The van der Waals surface area contributed by atoms with Crippen molar-refractivity contribution >= 4 is 54.7 Å². The Hall–Kier alpha value is -3.19. The van der Waals surface area contributed by atoms with E-state index in [1.807, 2.05) is 17.7 Å². The van der Waals surface area contributed by atoms with Crippen LogP contribution in [0, 0.1) is 12.7 Å². The highest BCUT2D eigenvalue weighted by Crippen LogP contribution is 2.39. The molecule has 1 aromatic carbocycles. The number of benzene rings is 1. The fourth-order valence-corrected chi connectivity index (χ4v) is 6.21. The molecular formula is C25H22FIN4O4S. The minimum Gasteiger partial charge on any atom is -0.491 e. The van der Waals surface area contributed by atoms with Crippen molar-refractivity contribution in [2.75, 3.05) is 18.6 Å². The summed E-state index contributed by atoms with van der Waals surface area (Å²) >= 11 is 2.27. The molecule has 0 aliphatic rings. The van der Waals surface area contributed by atoms with Crippen LogP contribution in [0.2, 0.25) is 0 Å². The van der Waals surface area contributed by atoms with Gasteiger partial charge in [0, 0.05) is 35.0 Å². The Morgan fingerprint density at radius 1 is 1.08 bits per heavy atom. The Labute approximate surface area is 220 Å². The molecule has 0 unspecified atom stereocenters. The van der Waals surface area contributed by atoms with Crippen LogP contribution in [-0.4, -0.2) is 45.6 Å². The number of hydrogen-bond donors (Lipinski definition) is 0. The lowest BCUT2D eigenvalue weighted by Gasteiger charge is -2.12. The highest BCUT2D eigenvalue weighted by Gasteiger charge is 2.28. The van der Waals surface area contributed by atoms with Crippen molar-refractivity contribution < 1.29 is 22.3 Å². The summed E-state index contributed by atoms with van der Waals surface area (Å²) in [5.74, 6) is 0.138. The lowest BCUT2D eigenvalue weighted by molar-refractivity contribution is 0.344. The van der Waals surface area contributed by atoms with Gasteiger partial charge in [0.1, 0.15) is 11.3 Å². The highest BCUT2D eigenvalue weighted by molar-refractivity contribution is 14.1. The topological polar surface area (TPSA) is 88.2 Å². The van der Waals surface area contributed by atoms with E-state index < -0.39 is 15.8 Å². The number of hydrogen-bond acceptors (Lipinski definition) is 6.